The highest BCUT2D eigenvalue weighted by atomic mass is 32.2. The lowest BCUT2D eigenvalue weighted by molar-refractivity contribution is 0.173. The van der Waals surface area contributed by atoms with Gasteiger partial charge in [-0.2, -0.15) is 0 Å². The summed E-state index contributed by atoms with van der Waals surface area (Å²) in [6.07, 6.45) is 8.00. The van der Waals surface area contributed by atoms with Crippen LogP contribution >= 0.6 is 0 Å². The van der Waals surface area contributed by atoms with Crippen molar-refractivity contribution in [1.82, 2.24) is 0 Å². The lowest BCUT2D eigenvalue weighted by Gasteiger charge is -2.10. The standard InChI is InChI=1S/C18H19NO4S.C15H13NO2/c1-13(2)24(20,21)19-16-8-5-14(6-9-16)3-4-15-7-10-17-18(11-15)23-12-22-17;16-13-6-3-11(4-7-13)1-2-12-5-8-14-15(9-12)18-10-17-14/h3-11,13,19H,12H2,1-2H3;1-9H,10,16H2/b4-3+;2-1+. The molecule has 2 heterocycles. The fourth-order valence-electron chi connectivity index (χ4n) is 3.97. The van der Waals surface area contributed by atoms with E-state index in [9.17, 15) is 8.42 Å². The van der Waals surface area contributed by atoms with Crippen molar-refractivity contribution >= 4 is 45.7 Å². The van der Waals surface area contributed by atoms with E-state index in [2.05, 4.69) is 4.72 Å². The minimum absolute atomic E-state index is 0.260. The molecule has 2 aliphatic rings. The monoisotopic (exact) mass is 584 g/mol. The summed E-state index contributed by atoms with van der Waals surface area (Å²) in [4.78, 5) is 0. The van der Waals surface area contributed by atoms with Gasteiger partial charge in [-0.1, -0.05) is 60.7 Å². The number of rotatable bonds is 7. The Morgan fingerprint density at radius 3 is 1.50 bits per heavy atom. The van der Waals surface area contributed by atoms with Crippen LogP contribution in [0.5, 0.6) is 23.0 Å². The number of hydrogen-bond acceptors (Lipinski definition) is 7. The highest BCUT2D eigenvalue weighted by Crippen LogP contribution is 2.34. The van der Waals surface area contributed by atoms with Crippen molar-refractivity contribution in [2.24, 2.45) is 0 Å². The average molecular weight is 585 g/mol. The van der Waals surface area contributed by atoms with E-state index in [-0.39, 0.29) is 6.79 Å². The van der Waals surface area contributed by atoms with Crippen LogP contribution in [-0.4, -0.2) is 27.3 Å². The Morgan fingerprint density at radius 2 is 1.02 bits per heavy atom. The molecular weight excluding hydrogens is 552 g/mol. The van der Waals surface area contributed by atoms with Gasteiger partial charge in [0.15, 0.2) is 23.0 Å². The van der Waals surface area contributed by atoms with Crippen molar-refractivity contribution in [1.29, 1.82) is 0 Å². The Labute approximate surface area is 246 Å². The van der Waals surface area contributed by atoms with Crippen LogP contribution in [0, 0.1) is 0 Å². The predicted octanol–water partition coefficient (Wildman–Crippen LogP) is 6.90. The Balaban J connectivity index is 0.000000175. The van der Waals surface area contributed by atoms with Gasteiger partial charge in [0.1, 0.15) is 0 Å². The number of nitrogen functional groups attached to an aromatic ring is 1. The van der Waals surface area contributed by atoms with Crippen molar-refractivity contribution < 1.29 is 27.4 Å². The molecule has 216 valence electrons. The summed E-state index contributed by atoms with van der Waals surface area (Å²) in [5.74, 6) is 3.11. The van der Waals surface area contributed by atoms with E-state index in [1.165, 1.54) is 0 Å². The Bertz CT molecular complexity index is 1700. The molecule has 0 amide bonds. The molecule has 4 aromatic rings. The molecule has 9 heteroatoms. The van der Waals surface area contributed by atoms with Crippen LogP contribution in [0.3, 0.4) is 0 Å². The number of fused-ring (bicyclic) bond motifs is 2. The normalized spacial score (nSPS) is 13.4. The number of anilines is 2. The van der Waals surface area contributed by atoms with Crippen LogP contribution < -0.4 is 29.4 Å². The predicted molar refractivity (Wildman–Crippen MR) is 168 cm³/mol. The van der Waals surface area contributed by atoms with Gasteiger partial charge < -0.3 is 24.7 Å². The van der Waals surface area contributed by atoms with Gasteiger partial charge in [0, 0.05) is 11.4 Å². The van der Waals surface area contributed by atoms with E-state index < -0.39 is 15.3 Å². The van der Waals surface area contributed by atoms with E-state index in [4.69, 9.17) is 24.7 Å². The molecule has 0 saturated heterocycles. The molecule has 0 atom stereocenters. The molecule has 0 unspecified atom stereocenters. The van der Waals surface area contributed by atoms with E-state index in [1.807, 2.05) is 97.1 Å². The zero-order chi connectivity index (χ0) is 29.5. The number of ether oxygens (including phenoxy) is 4. The molecule has 3 N–H and O–H groups in total. The van der Waals surface area contributed by atoms with Crippen molar-refractivity contribution in [2.45, 2.75) is 19.1 Å². The summed E-state index contributed by atoms with van der Waals surface area (Å²) in [5.41, 5.74) is 11.1. The Kier molecular flexibility index (Phi) is 8.68. The molecule has 0 spiro atoms. The lowest BCUT2D eigenvalue weighted by Crippen LogP contribution is -2.22. The minimum atomic E-state index is -3.32. The number of hydrogen-bond donors (Lipinski definition) is 2. The second-order valence-corrected chi connectivity index (χ2v) is 12.1. The molecule has 0 aliphatic carbocycles. The summed E-state index contributed by atoms with van der Waals surface area (Å²) in [7, 11) is -3.32. The fourth-order valence-corrected chi connectivity index (χ4v) is 4.67. The van der Waals surface area contributed by atoms with Crippen molar-refractivity contribution in [3.63, 3.8) is 0 Å². The highest BCUT2D eigenvalue weighted by Gasteiger charge is 2.15. The molecule has 8 nitrogen and oxygen atoms in total. The maximum absolute atomic E-state index is 11.8. The number of benzene rings is 4. The van der Waals surface area contributed by atoms with Crippen LogP contribution in [0.1, 0.15) is 36.1 Å². The SMILES string of the molecule is CC(C)S(=O)(=O)Nc1ccc(/C=C/c2ccc3c(c2)OCO3)cc1.Nc1ccc(/C=C/c2ccc3c(c2)OCO3)cc1. The zero-order valence-corrected chi connectivity index (χ0v) is 24.1. The molecule has 0 radical (unpaired) electrons. The first-order valence-corrected chi connectivity index (χ1v) is 14.9. The fraction of sp³-hybridized carbons (Fsp3) is 0.152. The summed E-state index contributed by atoms with van der Waals surface area (Å²) in [6.45, 7) is 3.85. The Hall–Kier alpha value is -4.89. The quantitative estimate of drug-likeness (QED) is 0.180. The topological polar surface area (TPSA) is 109 Å². The first-order valence-electron chi connectivity index (χ1n) is 13.4. The third-order valence-electron chi connectivity index (χ3n) is 6.46. The second-order valence-electron chi connectivity index (χ2n) is 9.88. The van der Waals surface area contributed by atoms with Crippen molar-refractivity contribution in [2.75, 3.05) is 24.0 Å². The van der Waals surface area contributed by atoms with E-state index >= 15 is 0 Å². The van der Waals surface area contributed by atoms with Gasteiger partial charge in [0.25, 0.3) is 0 Å². The molecular formula is C33H32N2O6S. The summed E-state index contributed by atoms with van der Waals surface area (Å²) < 4.78 is 47.5. The highest BCUT2D eigenvalue weighted by molar-refractivity contribution is 7.93. The summed E-state index contributed by atoms with van der Waals surface area (Å²) >= 11 is 0. The molecule has 0 saturated carbocycles. The van der Waals surface area contributed by atoms with Gasteiger partial charge in [-0.15, -0.1) is 0 Å². The van der Waals surface area contributed by atoms with Gasteiger partial charge in [-0.05, 0) is 84.6 Å². The zero-order valence-electron chi connectivity index (χ0n) is 23.3. The van der Waals surface area contributed by atoms with Gasteiger partial charge in [-0.3, -0.25) is 4.72 Å². The van der Waals surface area contributed by atoms with Gasteiger partial charge in [0.05, 0.1) is 5.25 Å². The number of nitrogens with two attached hydrogens (primary N) is 1. The molecule has 0 bridgehead atoms. The third kappa shape index (κ3) is 7.44. The summed E-state index contributed by atoms with van der Waals surface area (Å²) in [6, 6.07) is 26.6. The maximum atomic E-state index is 11.8. The molecule has 0 aromatic heterocycles. The van der Waals surface area contributed by atoms with Crippen molar-refractivity contribution in [3.8, 4) is 23.0 Å². The first-order chi connectivity index (χ1) is 20.2. The second kappa shape index (κ2) is 12.7. The van der Waals surface area contributed by atoms with E-state index in [0.29, 0.717) is 12.5 Å². The summed E-state index contributed by atoms with van der Waals surface area (Å²) in [5, 5.41) is -0.469. The van der Waals surface area contributed by atoms with Gasteiger partial charge in [0.2, 0.25) is 23.6 Å². The largest absolute Gasteiger partial charge is 0.454 e. The van der Waals surface area contributed by atoms with E-state index in [1.54, 1.807) is 26.0 Å². The van der Waals surface area contributed by atoms with Crippen molar-refractivity contribution in [3.05, 3.63) is 107 Å². The van der Waals surface area contributed by atoms with Gasteiger partial charge in [-0.25, -0.2) is 8.42 Å². The van der Waals surface area contributed by atoms with Crippen LogP contribution in [0.15, 0.2) is 84.9 Å². The van der Waals surface area contributed by atoms with Crippen LogP contribution in [0.25, 0.3) is 24.3 Å². The average Bonchev–Trinajstić information content (AvgIpc) is 3.65. The van der Waals surface area contributed by atoms with Crippen LogP contribution in [-0.2, 0) is 10.0 Å². The van der Waals surface area contributed by atoms with Crippen LogP contribution in [0.2, 0.25) is 0 Å². The lowest BCUT2D eigenvalue weighted by atomic mass is 10.1. The molecule has 0 fully saturated rings. The smallest absolute Gasteiger partial charge is 0.235 e. The van der Waals surface area contributed by atoms with Gasteiger partial charge >= 0.3 is 0 Å². The van der Waals surface area contributed by atoms with E-state index in [0.717, 1.165) is 50.9 Å². The third-order valence-corrected chi connectivity index (χ3v) is 8.22. The molecule has 6 rings (SSSR count). The number of nitrogens with one attached hydrogen (secondary N) is 1. The molecule has 4 aromatic carbocycles. The van der Waals surface area contributed by atoms with Crippen LogP contribution in [0.4, 0.5) is 11.4 Å². The Morgan fingerprint density at radius 1 is 0.619 bits per heavy atom. The maximum Gasteiger partial charge on any atom is 0.235 e. The number of sulfonamides is 1. The molecule has 42 heavy (non-hydrogen) atoms. The minimum Gasteiger partial charge on any atom is -0.454 e. The first kappa shape index (κ1) is 28.6. The molecule has 2 aliphatic heterocycles.